The van der Waals surface area contributed by atoms with Crippen molar-refractivity contribution in [3.05, 3.63) is 36.0 Å². The molecule has 0 aliphatic carbocycles. The van der Waals surface area contributed by atoms with E-state index in [-0.39, 0.29) is 11.7 Å². The van der Waals surface area contributed by atoms with Gasteiger partial charge < -0.3 is 9.47 Å². The number of aromatic nitrogens is 2. The van der Waals surface area contributed by atoms with E-state index in [1.807, 2.05) is 37.3 Å². The Morgan fingerprint density at radius 1 is 1.19 bits per heavy atom. The van der Waals surface area contributed by atoms with Crippen LogP contribution in [0.15, 0.2) is 35.5 Å². The maximum Gasteiger partial charge on any atom is 0.316 e. The lowest BCUT2D eigenvalue weighted by atomic mass is 10.1. The molecule has 0 aliphatic rings. The maximum atomic E-state index is 11.2. The van der Waals surface area contributed by atoms with Crippen molar-refractivity contribution in [3.8, 4) is 17.0 Å². The molecule has 110 valence electrons. The summed E-state index contributed by atoms with van der Waals surface area (Å²) in [6, 6.07) is 9.55. The highest BCUT2D eigenvalue weighted by atomic mass is 32.2. The number of hydrogen-bond donors (Lipinski definition) is 0. The predicted molar refractivity (Wildman–Crippen MR) is 81.5 cm³/mol. The largest absolute Gasteiger partial charge is 0.497 e. The van der Waals surface area contributed by atoms with Gasteiger partial charge in [-0.3, -0.25) is 4.79 Å². The molecule has 0 saturated heterocycles. The zero-order valence-corrected chi connectivity index (χ0v) is 12.9. The molecule has 0 saturated carbocycles. The van der Waals surface area contributed by atoms with Crippen molar-refractivity contribution in [3.63, 3.8) is 0 Å². The third kappa shape index (κ3) is 4.19. The minimum absolute atomic E-state index is 0.196. The second-order valence-electron chi connectivity index (χ2n) is 4.27. The van der Waals surface area contributed by atoms with Gasteiger partial charge in [0.05, 0.1) is 25.7 Å². The minimum Gasteiger partial charge on any atom is -0.497 e. The lowest BCUT2D eigenvalue weighted by molar-refractivity contribution is -0.137. The fourth-order valence-electron chi connectivity index (χ4n) is 1.70. The van der Waals surface area contributed by atoms with Crippen LogP contribution in [0.3, 0.4) is 0 Å². The van der Waals surface area contributed by atoms with E-state index in [4.69, 9.17) is 4.74 Å². The summed E-state index contributed by atoms with van der Waals surface area (Å²) < 4.78 is 9.75. The van der Waals surface area contributed by atoms with Crippen molar-refractivity contribution in [2.24, 2.45) is 0 Å². The number of methoxy groups -OCH3 is 2. The van der Waals surface area contributed by atoms with Gasteiger partial charge in [0, 0.05) is 11.3 Å². The van der Waals surface area contributed by atoms with Gasteiger partial charge in [-0.2, -0.15) is 0 Å². The minimum atomic E-state index is -0.295. The molecule has 0 unspecified atom stereocenters. The average molecular weight is 304 g/mol. The first kappa shape index (κ1) is 15.3. The van der Waals surface area contributed by atoms with E-state index in [0.717, 1.165) is 22.7 Å². The highest BCUT2D eigenvalue weighted by molar-refractivity contribution is 7.99. The molecule has 2 aromatic rings. The van der Waals surface area contributed by atoms with Crippen molar-refractivity contribution in [1.29, 1.82) is 0 Å². The number of thioether (sulfide) groups is 1. The standard InChI is InChI=1S/C15H16N2O3S/c1-10-8-13(11-4-6-12(19-2)7-5-11)17-15(16-10)21-9-14(18)20-3/h4-8H,9H2,1-3H3. The van der Waals surface area contributed by atoms with Crippen LogP contribution in [0.4, 0.5) is 0 Å². The number of carbonyl (C=O) groups excluding carboxylic acids is 1. The van der Waals surface area contributed by atoms with Gasteiger partial charge in [-0.1, -0.05) is 11.8 Å². The van der Waals surface area contributed by atoms with Gasteiger partial charge in [0.1, 0.15) is 5.75 Å². The molecular weight excluding hydrogens is 288 g/mol. The fraction of sp³-hybridized carbons (Fsp3) is 0.267. The second kappa shape index (κ2) is 7.08. The number of ether oxygens (including phenoxy) is 2. The summed E-state index contributed by atoms with van der Waals surface area (Å²) in [5.74, 6) is 0.697. The van der Waals surface area contributed by atoms with Gasteiger partial charge >= 0.3 is 5.97 Å². The number of aryl methyl sites for hydroxylation is 1. The summed E-state index contributed by atoms with van der Waals surface area (Å²) in [5, 5.41) is 0.561. The normalized spacial score (nSPS) is 10.2. The maximum absolute atomic E-state index is 11.2. The molecule has 2 rings (SSSR count). The van der Waals surface area contributed by atoms with E-state index in [2.05, 4.69) is 14.7 Å². The van der Waals surface area contributed by atoms with Crippen LogP contribution in [0.25, 0.3) is 11.3 Å². The summed E-state index contributed by atoms with van der Waals surface area (Å²) in [5.41, 5.74) is 2.64. The number of benzene rings is 1. The van der Waals surface area contributed by atoms with Gasteiger partial charge in [0.2, 0.25) is 0 Å². The van der Waals surface area contributed by atoms with Crippen LogP contribution in [-0.2, 0) is 9.53 Å². The SMILES string of the molecule is COC(=O)CSc1nc(C)cc(-c2ccc(OC)cc2)n1. The Bertz CT molecular complexity index is 629. The van der Waals surface area contributed by atoms with E-state index >= 15 is 0 Å². The molecule has 0 N–H and O–H groups in total. The van der Waals surface area contributed by atoms with Crippen molar-refractivity contribution >= 4 is 17.7 Å². The van der Waals surface area contributed by atoms with E-state index in [1.165, 1.54) is 18.9 Å². The number of esters is 1. The van der Waals surface area contributed by atoms with Crippen LogP contribution in [0.2, 0.25) is 0 Å². The molecule has 1 heterocycles. The number of carbonyl (C=O) groups is 1. The van der Waals surface area contributed by atoms with Gasteiger partial charge in [-0.25, -0.2) is 9.97 Å². The Kier molecular flexibility index (Phi) is 5.16. The van der Waals surface area contributed by atoms with Gasteiger partial charge in [-0.05, 0) is 37.3 Å². The molecule has 6 heteroatoms. The van der Waals surface area contributed by atoms with E-state index in [0.29, 0.717) is 5.16 Å². The van der Waals surface area contributed by atoms with Crippen molar-refractivity contribution in [2.75, 3.05) is 20.0 Å². The van der Waals surface area contributed by atoms with Crippen LogP contribution in [0.1, 0.15) is 5.69 Å². The molecule has 1 aromatic heterocycles. The van der Waals surface area contributed by atoms with Crippen molar-refractivity contribution in [2.45, 2.75) is 12.1 Å². The predicted octanol–water partition coefficient (Wildman–Crippen LogP) is 2.73. The molecule has 21 heavy (non-hydrogen) atoms. The molecule has 0 amide bonds. The molecule has 0 radical (unpaired) electrons. The Morgan fingerprint density at radius 2 is 1.90 bits per heavy atom. The van der Waals surface area contributed by atoms with Gasteiger partial charge in [-0.15, -0.1) is 0 Å². The van der Waals surface area contributed by atoms with Crippen LogP contribution in [0.5, 0.6) is 5.75 Å². The lowest BCUT2D eigenvalue weighted by Crippen LogP contribution is -2.04. The number of nitrogens with zero attached hydrogens (tertiary/aromatic N) is 2. The van der Waals surface area contributed by atoms with Crippen molar-refractivity contribution < 1.29 is 14.3 Å². The zero-order chi connectivity index (χ0) is 15.2. The highest BCUT2D eigenvalue weighted by Gasteiger charge is 2.08. The third-order valence-electron chi connectivity index (χ3n) is 2.77. The first-order valence-corrected chi connectivity index (χ1v) is 7.30. The van der Waals surface area contributed by atoms with E-state index < -0.39 is 0 Å². The second-order valence-corrected chi connectivity index (χ2v) is 5.21. The average Bonchev–Trinajstić information content (AvgIpc) is 2.52. The molecule has 0 bridgehead atoms. The monoisotopic (exact) mass is 304 g/mol. The summed E-state index contributed by atoms with van der Waals surface area (Å²) in [6.07, 6.45) is 0. The summed E-state index contributed by atoms with van der Waals surface area (Å²) in [6.45, 7) is 1.90. The van der Waals surface area contributed by atoms with Crippen LogP contribution in [0, 0.1) is 6.92 Å². The van der Waals surface area contributed by atoms with E-state index in [1.54, 1.807) is 7.11 Å². The molecule has 0 fully saturated rings. The molecular formula is C15H16N2O3S. The third-order valence-corrected chi connectivity index (χ3v) is 3.59. The first-order chi connectivity index (χ1) is 10.1. The molecule has 1 aromatic carbocycles. The number of rotatable bonds is 5. The molecule has 0 spiro atoms. The Hall–Kier alpha value is -2.08. The lowest BCUT2D eigenvalue weighted by Gasteiger charge is -2.06. The topological polar surface area (TPSA) is 61.3 Å². The van der Waals surface area contributed by atoms with Gasteiger partial charge in [0.25, 0.3) is 0 Å². The Balaban J connectivity index is 2.22. The van der Waals surface area contributed by atoms with Crippen LogP contribution in [-0.4, -0.2) is 35.9 Å². The van der Waals surface area contributed by atoms with Crippen molar-refractivity contribution in [1.82, 2.24) is 9.97 Å². The quantitative estimate of drug-likeness (QED) is 0.481. The summed E-state index contributed by atoms with van der Waals surface area (Å²) >= 11 is 1.26. The Labute approximate surface area is 127 Å². The molecule has 5 nitrogen and oxygen atoms in total. The molecule has 0 aliphatic heterocycles. The molecule has 0 atom stereocenters. The smallest absolute Gasteiger partial charge is 0.316 e. The van der Waals surface area contributed by atoms with E-state index in [9.17, 15) is 4.79 Å². The Morgan fingerprint density at radius 3 is 2.52 bits per heavy atom. The summed E-state index contributed by atoms with van der Waals surface area (Å²) in [7, 11) is 2.99. The zero-order valence-electron chi connectivity index (χ0n) is 12.1. The van der Waals surface area contributed by atoms with Crippen LogP contribution < -0.4 is 4.74 Å². The first-order valence-electron chi connectivity index (χ1n) is 6.32. The van der Waals surface area contributed by atoms with Gasteiger partial charge in [0.15, 0.2) is 5.16 Å². The van der Waals surface area contributed by atoms with Crippen LogP contribution >= 0.6 is 11.8 Å². The fourth-order valence-corrected chi connectivity index (χ4v) is 2.43. The summed E-state index contributed by atoms with van der Waals surface area (Å²) in [4.78, 5) is 20.0. The number of hydrogen-bond acceptors (Lipinski definition) is 6. The highest BCUT2D eigenvalue weighted by Crippen LogP contribution is 2.23.